The van der Waals surface area contributed by atoms with Crippen LogP contribution in [0.5, 0.6) is 11.5 Å². The van der Waals surface area contributed by atoms with Gasteiger partial charge in [-0.3, -0.25) is 0 Å². The number of hydrogen-bond acceptors (Lipinski definition) is 7. The maximum absolute atomic E-state index is 9.59. The lowest BCUT2D eigenvalue weighted by Gasteiger charge is -2.39. The quantitative estimate of drug-likeness (QED) is 0.620. The molecule has 0 aromatic heterocycles. The van der Waals surface area contributed by atoms with Gasteiger partial charge >= 0.3 is 0 Å². The molecule has 5 rings (SSSR count). The molecule has 0 saturated carbocycles. The summed E-state index contributed by atoms with van der Waals surface area (Å²) in [6, 6.07) is 3.61. The predicted octanol–water partition coefficient (Wildman–Crippen LogP) is 2.31. The molecule has 3 aliphatic heterocycles. The largest absolute Gasteiger partial charge is 0.486 e. The predicted molar refractivity (Wildman–Crippen MR) is 88.3 cm³/mol. The Morgan fingerprint density at radius 1 is 1.00 bits per heavy atom. The van der Waals surface area contributed by atoms with Gasteiger partial charge in [-0.1, -0.05) is 0 Å². The Hall–Kier alpha value is -2.80. The van der Waals surface area contributed by atoms with Crippen LogP contribution in [0, 0.1) is 0 Å². The Balaban J connectivity index is 1.70. The molecule has 3 heterocycles. The van der Waals surface area contributed by atoms with Crippen molar-refractivity contribution >= 4 is 11.4 Å². The van der Waals surface area contributed by atoms with Gasteiger partial charge in [0.25, 0.3) is 0 Å². The minimum atomic E-state index is -0.141. The van der Waals surface area contributed by atoms with Gasteiger partial charge < -0.3 is 28.7 Å². The SMILES string of the molecule is CN1c2cc3c(cc2C(OO)=C2C=C4OCCOC4=CC21)OCCO3. The van der Waals surface area contributed by atoms with Crippen molar-refractivity contribution in [3.63, 3.8) is 0 Å². The molecule has 7 nitrogen and oxygen atoms in total. The summed E-state index contributed by atoms with van der Waals surface area (Å²) in [7, 11) is 1.98. The highest BCUT2D eigenvalue weighted by molar-refractivity contribution is 5.85. The van der Waals surface area contributed by atoms with Crippen LogP contribution >= 0.6 is 0 Å². The summed E-state index contributed by atoms with van der Waals surface area (Å²) < 4.78 is 22.7. The number of benzene rings is 1. The van der Waals surface area contributed by atoms with E-state index >= 15 is 0 Å². The molecule has 4 aliphatic rings. The van der Waals surface area contributed by atoms with E-state index in [4.69, 9.17) is 23.8 Å². The lowest BCUT2D eigenvalue weighted by molar-refractivity contribution is -0.171. The van der Waals surface area contributed by atoms with Crippen molar-refractivity contribution in [2.75, 3.05) is 38.4 Å². The van der Waals surface area contributed by atoms with Crippen LogP contribution in [0.25, 0.3) is 5.76 Å². The summed E-state index contributed by atoms with van der Waals surface area (Å²) in [6.07, 6.45) is 3.84. The molecular formula is C18H17NO6. The normalized spacial score (nSPS) is 23.3. The summed E-state index contributed by atoms with van der Waals surface area (Å²) >= 11 is 0. The average Bonchev–Trinajstić information content (AvgIpc) is 2.66. The highest BCUT2D eigenvalue weighted by Gasteiger charge is 2.37. The van der Waals surface area contributed by atoms with Crippen LogP contribution in [0.4, 0.5) is 5.69 Å². The molecule has 0 radical (unpaired) electrons. The van der Waals surface area contributed by atoms with E-state index < -0.39 is 0 Å². The number of hydrogen-bond donors (Lipinski definition) is 1. The van der Waals surface area contributed by atoms with Crippen LogP contribution in [0.3, 0.4) is 0 Å². The van der Waals surface area contributed by atoms with Gasteiger partial charge in [-0.25, -0.2) is 5.26 Å². The monoisotopic (exact) mass is 343 g/mol. The first-order valence-corrected chi connectivity index (χ1v) is 8.18. The van der Waals surface area contributed by atoms with Gasteiger partial charge in [0, 0.05) is 24.3 Å². The molecule has 130 valence electrons. The molecule has 1 aliphatic carbocycles. The van der Waals surface area contributed by atoms with Crippen LogP contribution in [0.15, 0.2) is 41.4 Å². The Morgan fingerprint density at radius 3 is 2.44 bits per heavy atom. The van der Waals surface area contributed by atoms with Crippen LogP contribution in [0.2, 0.25) is 0 Å². The van der Waals surface area contributed by atoms with Crippen molar-refractivity contribution in [3.8, 4) is 11.5 Å². The van der Waals surface area contributed by atoms with Crippen LogP contribution in [-0.4, -0.2) is 44.8 Å². The fourth-order valence-electron chi connectivity index (χ4n) is 3.63. The molecule has 7 heteroatoms. The molecule has 1 unspecified atom stereocenters. The Bertz CT molecular complexity index is 840. The first-order valence-electron chi connectivity index (χ1n) is 8.18. The second kappa shape index (κ2) is 5.35. The Kier molecular flexibility index (Phi) is 3.11. The molecular weight excluding hydrogens is 326 g/mol. The van der Waals surface area contributed by atoms with E-state index in [9.17, 15) is 5.26 Å². The first kappa shape index (κ1) is 14.5. The van der Waals surface area contributed by atoms with Gasteiger partial charge in [0.15, 0.2) is 28.8 Å². The lowest BCUT2D eigenvalue weighted by atomic mass is 9.89. The minimum Gasteiger partial charge on any atom is -0.486 e. The molecule has 1 N–H and O–H groups in total. The second-order valence-electron chi connectivity index (χ2n) is 6.18. The van der Waals surface area contributed by atoms with E-state index in [0.717, 1.165) is 16.8 Å². The zero-order valence-corrected chi connectivity index (χ0v) is 13.7. The zero-order valence-electron chi connectivity index (χ0n) is 13.7. The van der Waals surface area contributed by atoms with E-state index in [0.29, 0.717) is 55.2 Å². The van der Waals surface area contributed by atoms with Crippen molar-refractivity contribution in [1.82, 2.24) is 0 Å². The third kappa shape index (κ3) is 2.09. The van der Waals surface area contributed by atoms with Crippen LogP contribution < -0.4 is 14.4 Å². The van der Waals surface area contributed by atoms with E-state index in [1.165, 1.54) is 0 Å². The number of anilines is 1. The van der Waals surface area contributed by atoms with E-state index in [-0.39, 0.29) is 6.04 Å². The summed E-state index contributed by atoms with van der Waals surface area (Å²) in [4.78, 5) is 6.88. The summed E-state index contributed by atoms with van der Waals surface area (Å²) in [6.45, 7) is 2.04. The van der Waals surface area contributed by atoms with E-state index in [2.05, 4.69) is 4.90 Å². The average molecular weight is 343 g/mol. The molecule has 25 heavy (non-hydrogen) atoms. The fourth-order valence-corrected chi connectivity index (χ4v) is 3.63. The molecule has 1 fully saturated rings. The van der Waals surface area contributed by atoms with Gasteiger partial charge in [0.05, 0.1) is 11.7 Å². The fraction of sp³-hybridized carbons (Fsp3) is 0.333. The lowest BCUT2D eigenvalue weighted by Crippen LogP contribution is -2.38. The maximum atomic E-state index is 9.59. The number of rotatable bonds is 1. The number of ether oxygens (including phenoxy) is 4. The Morgan fingerprint density at radius 2 is 1.68 bits per heavy atom. The van der Waals surface area contributed by atoms with Gasteiger partial charge in [-0.15, -0.1) is 0 Å². The van der Waals surface area contributed by atoms with Crippen molar-refractivity contribution in [2.24, 2.45) is 0 Å². The van der Waals surface area contributed by atoms with Crippen molar-refractivity contribution in [3.05, 3.63) is 46.9 Å². The van der Waals surface area contributed by atoms with E-state index in [1.54, 1.807) is 0 Å². The summed E-state index contributed by atoms with van der Waals surface area (Å²) in [5.74, 6) is 3.08. The van der Waals surface area contributed by atoms with Gasteiger partial charge in [-0.05, 0) is 18.2 Å². The van der Waals surface area contributed by atoms with Crippen LogP contribution in [0.1, 0.15) is 5.56 Å². The first-order chi connectivity index (χ1) is 12.3. The molecule has 0 amide bonds. The van der Waals surface area contributed by atoms with Gasteiger partial charge in [-0.2, -0.15) is 0 Å². The minimum absolute atomic E-state index is 0.141. The van der Waals surface area contributed by atoms with E-state index in [1.807, 2.05) is 31.3 Å². The number of likely N-dealkylation sites (N-methyl/N-ethyl adjacent to an activating group) is 1. The van der Waals surface area contributed by atoms with Gasteiger partial charge in [0.2, 0.25) is 0 Å². The standard InChI is InChI=1S/C18H17NO6/c1-19-12-8-16-14(21-2-4-23-16)6-10(12)18(25-20)11-7-15-17(9-13(11)19)24-5-3-22-15/h6-9,12,20H,2-5H2,1H3. The highest BCUT2D eigenvalue weighted by Crippen LogP contribution is 2.47. The summed E-state index contributed by atoms with van der Waals surface area (Å²) in [5.41, 5.74) is 2.43. The zero-order chi connectivity index (χ0) is 17.0. The summed E-state index contributed by atoms with van der Waals surface area (Å²) in [5, 5.41) is 9.59. The second-order valence-corrected chi connectivity index (χ2v) is 6.18. The molecule has 1 atom stereocenters. The Labute approximate surface area is 144 Å². The topological polar surface area (TPSA) is 69.6 Å². The van der Waals surface area contributed by atoms with Crippen molar-refractivity contribution in [1.29, 1.82) is 0 Å². The molecule has 1 aromatic carbocycles. The number of nitrogens with zero attached hydrogens (tertiary/aromatic N) is 1. The van der Waals surface area contributed by atoms with Crippen LogP contribution in [-0.2, 0) is 14.4 Å². The molecule has 0 spiro atoms. The molecule has 0 bridgehead atoms. The third-order valence-corrected chi connectivity index (χ3v) is 4.81. The third-order valence-electron chi connectivity index (χ3n) is 4.81. The maximum Gasteiger partial charge on any atom is 0.180 e. The molecule has 1 saturated heterocycles. The molecule has 1 aromatic rings. The van der Waals surface area contributed by atoms with Crippen molar-refractivity contribution < 1.29 is 29.1 Å². The highest BCUT2D eigenvalue weighted by atomic mass is 17.1. The van der Waals surface area contributed by atoms with Crippen molar-refractivity contribution in [2.45, 2.75) is 6.04 Å². The van der Waals surface area contributed by atoms with Gasteiger partial charge in [0.1, 0.15) is 26.4 Å². The smallest absolute Gasteiger partial charge is 0.180 e. The number of fused-ring (bicyclic) bond motifs is 4.